The van der Waals surface area contributed by atoms with Gasteiger partial charge in [-0.1, -0.05) is 23.7 Å². The molecule has 20 heavy (non-hydrogen) atoms. The Morgan fingerprint density at radius 3 is 2.60 bits per heavy atom. The van der Waals surface area contributed by atoms with E-state index in [-0.39, 0.29) is 6.04 Å². The zero-order valence-corrected chi connectivity index (χ0v) is 12.2. The van der Waals surface area contributed by atoms with Crippen molar-refractivity contribution in [2.75, 3.05) is 5.73 Å². The van der Waals surface area contributed by atoms with Gasteiger partial charge >= 0.3 is 0 Å². The van der Waals surface area contributed by atoms with E-state index < -0.39 is 0 Å². The fraction of sp³-hybridized carbons (Fsp3) is 0.188. The summed E-state index contributed by atoms with van der Waals surface area (Å²) in [5.74, 6) is 0.885. The van der Waals surface area contributed by atoms with Crippen molar-refractivity contribution in [3.63, 3.8) is 0 Å². The Labute approximate surface area is 123 Å². The average Bonchev–Trinajstić information content (AvgIpc) is 2.77. The minimum Gasteiger partial charge on any atom is -0.398 e. The van der Waals surface area contributed by atoms with Gasteiger partial charge in [-0.3, -0.25) is 0 Å². The van der Waals surface area contributed by atoms with Crippen molar-refractivity contribution in [1.29, 1.82) is 0 Å². The highest BCUT2D eigenvalue weighted by Gasteiger charge is 2.16. The number of rotatable bonds is 2. The second kappa shape index (κ2) is 4.84. The molecule has 0 saturated carbocycles. The summed E-state index contributed by atoms with van der Waals surface area (Å²) >= 11 is 6.12. The largest absolute Gasteiger partial charge is 0.398 e. The molecular weight excluding hydrogens is 270 g/mol. The Kier molecular flexibility index (Phi) is 3.14. The van der Waals surface area contributed by atoms with Crippen LogP contribution in [-0.4, -0.2) is 9.55 Å². The zero-order valence-electron chi connectivity index (χ0n) is 11.5. The first-order valence-corrected chi connectivity index (χ1v) is 6.98. The van der Waals surface area contributed by atoms with Gasteiger partial charge in [0, 0.05) is 22.3 Å². The molecule has 2 N–H and O–H groups in total. The molecule has 102 valence electrons. The number of imidazole rings is 1. The van der Waals surface area contributed by atoms with E-state index in [2.05, 4.69) is 18.4 Å². The van der Waals surface area contributed by atoms with E-state index in [9.17, 15) is 0 Å². The molecule has 0 aliphatic heterocycles. The topological polar surface area (TPSA) is 43.8 Å². The van der Waals surface area contributed by atoms with Crippen molar-refractivity contribution < 1.29 is 0 Å². The first kappa shape index (κ1) is 13.0. The molecule has 1 heterocycles. The Hall–Kier alpha value is -2.00. The molecule has 0 atom stereocenters. The van der Waals surface area contributed by atoms with Gasteiger partial charge in [0.1, 0.15) is 5.82 Å². The minimum absolute atomic E-state index is 0.271. The Balaban J connectivity index is 2.36. The molecule has 0 saturated heterocycles. The normalized spacial score (nSPS) is 11.4. The molecule has 3 rings (SSSR count). The lowest BCUT2D eigenvalue weighted by molar-refractivity contribution is 0.624. The van der Waals surface area contributed by atoms with Crippen LogP contribution in [0.15, 0.2) is 42.5 Å². The van der Waals surface area contributed by atoms with Crippen LogP contribution in [0.3, 0.4) is 0 Å². The van der Waals surface area contributed by atoms with Crippen molar-refractivity contribution in [3.05, 3.63) is 47.5 Å². The molecule has 1 aromatic heterocycles. The smallest absolute Gasteiger partial charge is 0.143 e. The van der Waals surface area contributed by atoms with Crippen LogP contribution in [0.25, 0.3) is 22.4 Å². The molecule has 0 aliphatic carbocycles. The van der Waals surface area contributed by atoms with Crippen molar-refractivity contribution in [1.82, 2.24) is 9.55 Å². The van der Waals surface area contributed by atoms with Crippen LogP contribution in [0.5, 0.6) is 0 Å². The molecule has 0 bridgehead atoms. The van der Waals surface area contributed by atoms with E-state index in [4.69, 9.17) is 22.3 Å². The molecule has 4 heteroatoms. The molecule has 0 aliphatic rings. The predicted molar refractivity (Wildman–Crippen MR) is 85.0 cm³/mol. The summed E-state index contributed by atoms with van der Waals surface area (Å²) in [6.07, 6.45) is 0. The number of para-hydroxylation sites is 1. The highest BCUT2D eigenvalue weighted by atomic mass is 35.5. The quantitative estimate of drug-likeness (QED) is 0.704. The first-order chi connectivity index (χ1) is 9.58. The molecular formula is C16H16ClN3. The number of halogens is 1. The van der Waals surface area contributed by atoms with Gasteiger partial charge in [-0.15, -0.1) is 0 Å². The van der Waals surface area contributed by atoms with Crippen molar-refractivity contribution >= 4 is 28.3 Å². The van der Waals surface area contributed by atoms with E-state index >= 15 is 0 Å². The Morgan fingerprint density at radius 1 is 1.15 bits per heavy atom. The lowest BCUT2D eigenvalue weighted by Crippen LogP contribution is -2.04. The second-order valence-electron chi connectivity index (χ2n) is 5.12. The molecule has 3 nitrogen and oxygen atoms in total. The third kappa shape index (κ3) is 2.04. The van der Waals surface area contributed by atoms with Crippen molar-refractivity contribution in [2.45, 2.75) is 19.9 Å². The monoisotopic (exact) mass is 285 g/mol. The second-order valence-corrected chi connectivity index (χ2v) is 5.56. The number of hydrogen-bond acceptors (Lipinski definition) is 2. The lowest BCUT2D eigenvalue weighted by Gasteiger charge is -2.14. The van der Waals surface area contributed by atoms with Gasteiger partial charge in [0.2, 0.25) is 0 Å². The Morgan fingerprint density at radius 2 is 1.90 bits per heavy atom. The maximum atomic E-state index is 6.12. The maximum absolute atomic E-state index is 6.12. The standard InChI is InChI=1S/C16H16ClN3/c1-10(2)20-15-9-11(17)7-8-14(15)19-16(20)12-5-3-4-6-13(12)18/h3-10H,18H2,1-2H3. The van der Waals surface area contributed by atoms with Gasteiger partial charge in [0.05, 0.1) is 11.0 Å². The van der Waals surface area contributed by atoms with Crippen LogP contribution in [0.2, 0.25) is 5.02 Å². The van der Waals surface area contributed by atoms with Crippen LogP contribution >= 0.6 is 11.6 Å². The van der Waals surface area contributed by atoms with Gasteiger partial charge in [-0.05, 0) is 44.2 Å². The average molecular weight is 286 g/mol. The fourth-order valence-corrected chi connectivity index (χ4v) is 2.65. The number of fused-ring (bicyclic) bond motifs is 1. The summed E-state index contributed by atoms with van der Waals surface area (Å²) < 4.78 is 2.17. The molecule has 0 spiro atoms. The highest BCUT2D eigenvalue weighted by molar-refractivity contribution is 6.31. The number of nitrogen functional groups attached to an aromatic ring is 1. The van der Waals surface area contributed by atoms with Crippen molar-refractivity contribution in [2.24, 2.45) is 0 Å². The molecule has 0 unspecified atom stereocenters. The summed E-state index contributed by atoms with van der Waals surface area (Å²) in [7, 11) is 0. The molecule has 0 radical (unpaired) electrons. The van der Waals surface area contributed by atoms with Gasteiger partial charge in [0.25, 0.3) is 0 Å². The summed E-state index contributed by atoms with van der Waals surface area (Å²) in [4.78, 5) is 4.73. The molecule has 0 fully saturated rings. The summed E-state index contributed by atoms with van der Waals surface area (Å²) in [5, 5.41) is 0.715. The first-order valence-electron chi connectivity index (χ1n) is 6.60. The number of nitrogens with zero attached hydrogens (tertiary/aromatic N) is 2. The SMILES string of the molecule is CC(C)n1c(-c2ccccc2N)nc2ccc(Cl)cc21. The summed E-state index contributed by atoms with van der Waals surface area (Å²) in [5.41, 5.74) is 9.74. The number of benzene rings is 2. The third-order valence-electron chi connectivity index (χ3n) is 3.37. The van der Waals surface area contributed by atoms with Gasteiger partial charge in [0.15, 0.2) is 0 Å². The Bertz CT molecular complexity index is 774. The fourth-order valence-electron chi connectivity index (χ4n) is 2.48. The molecule has 2 aromatic carbocycles. The van der Waals surface area contributed by atoms with Gasteiger partial charge in [-0.2, -0.15) is 0 Å². The van der Waals surface area contributed by atoms with Gasteiger partial charge < -0.3 is 10.3 Å². The van der Waals surface area contributed by atoms with Gasteiger partial charge in [-0.25, -0.2) is 4.98 Å². The van der Waals surface area contributed by atoms with Crippen LogP contribution < -0.4 is 5.73 Å². The van der Waals surface area contributed by atoms with E-state index in [0.717, 1.165) is 28.1 Å². The predicted octanol–water partition coefficient (Wildman–Crippen LogP) is 4.52. The third-order valence-corrected chi connectivity index (χ3v) is 3.60. The maximum Gasteiger partial charge on any atom is 0.143 e. The van der Waals surface area contributed by atoms with E-state index in [1.807, 2.05) is 42.5 Å². The molecule has 3 aromatic rings. The summed E-state index contributed by atoms with van der Waals surface area (Å²) in [6, 6.07) is 13.8. The minimum atomic E-state index is 0.271. The van der Waals surface area contributed by atoms with E-state index in [0.29, 0.717) is 5.02 Å². The summed E-state index contributed by atoms with van der Waals surface area (Å²) in [6.45, 7) is 4.26. The molecule has 0 amide bonds. The van der Waals surface area contributed by atoms with E-state index in [1.165, 1.54) is 0 Å². The van der Waals surface area contributed by atoms with E-state index in [1.54, 1.807) is 0 Å². The number of nitrogens with two attached hydrogens (primary N) is 1. The number of anilines is 1. The van der Waals surface area contributed by atoms with Crippen LogP contribution in [-0.2, 0) is 0 Å². The van der Waals surface area contributed by atoms with Crippen molar-refractivity contribution in [3.8, 4) is 11.4 Å². The van der Waals surface area contributed by atoms with Crippen LogP contribution in [0, 0.1) is 0 Å². The number of hydrogen-bond donors (Lipinski definition) is 1. The highest BCUT2D eigenvalue weighted by Crippen LogP contribution is 2.32. The van der Waals surface area contributed by atoms with Crippen LogP contribution in [0.4, 0.5) is 5.69 Å². The zero-order chi connectivity index (χ0) is 14.3. The number of aromatic nitrogens is 2. The van der Waals surface area contributed by atoms with Crippen LogP contribution in [0.1, 0.15) is 19.9 Å². The lowest BCUT2D eigenvalue weighted by atomic mass is 10.1.